The highest BCUT2D eigenvalue weighted by Crippen LogP contribution is 2.25. The lowest BCUT2D eigenvalue weighted by atomic mass is 10.0. The van der Waals surface area contributed by atoms with E-state index in [0.29, 0.717) is 6.61 Å². The lowest BCUT2D eigenvalue weighted by molar-refractivity contribution is 0.185. The van der Waals surface area contributed by atoms with Gasteiger partial charge >= 0.3 is 0 Å². The zero-order valence-electron chi connectivity index (χ0n) is 9.87. The van der Waals surface area contributed by atoms with Crippen LogP contribution in [0.25, 0.3) is 11.3 Å². The van der Waals surface area contributed by atoms with Gasteiger partial charge in [-0.1, -0.05) is 24.3 Å². The summed E-state index contributed by atoms with van der Waals surface area (Å²) < 4.78 is 5.20. The first-order valence-corrected chi connectivity index (χ1v) is 5.33. The van der Waals surface area contributed by atoms with E-state index in [0.717, 1.165) is 22.8 Å². The van der Waals surface area contributed by atoms with Crippen molar-refractivity contribution in [2.45, 2.75) is 20.5 Å². The molecule has 1 aromatic carbocycles. The molecule has 0 aliphatic heterocycles. The highest BCUT2D eigenvalue weighted by Gasteiger charge is 2.10. The third-order valence-corrected chi connectivity index (χ3v) is 2.58. The zero-order chi connectivity index (χ0) is 11.5. The molecule has 0 fully saturated rings. The Morgan fingerprint density at radius 3 is 2.62 bits per heavy atom. The maximum absolute atomic E-state index is 5.20. The molecule has 0 saturated heterocycles. The Labute approximate surface area is 95.5 Å². The average Bonchev–Trinajstić information content (AvgIpc) is 2.59. The molecule has 0 aliphatic carbocycles. The van der Waals surface area contributed by atoms with Gasteiger partial charge < -0.3 is 9.72 Å². The van der Waals surface area contributed by atoms with Crippen molar-refractivity contribution in [3.8, 4) is 11.3 Å². The van der Waals surface area contributed by atoms with Crippen LogP contribution in [0.4, 0.5) is 0 Å². The van der Waals surface area contributed by atoms with E-state index in [1.807, 2.05) is 26.0 Å². The molecule has 0 spiro atoms. The van der Waals surface area contributed by atoms with Crippen LogP contribution in [0, 0.1) is 13.8 Å². The topological polar surface area (TPSA) is 37.9 Å². The van der Waals surface area contributed by atoms with Crippen LogP contribution in [0.15, 0.2) is 24.3 Å². The maximum Gasteiger partial charge on any atom is 0.103 e. The molecule has 16 heavy (non-hydrogen) atoms. The molecule has 2 aromatic rings. The standard InChI is InChI=1S/C13H16N2O/c1-9-13(15-10(2)14-9)12-7-5-4-6-11(12)8-16-3/h4-7H,8H2,1-3H3,(H,14,15). The number of benzene rings is 1. The van der Waals surface area contributed by atoms with E-state index in [9.17, 15) is 0 Å². The van der Waals surface area contributed by atoms with Crippen LogP contribution in [-0.2, 0) is 11.3 Å². The zero-order valence-corrected chi connectivity index (χ0v) is 9.87. The third kappa shape index (κ3) is 1.99. The maximum atomic E-state index is 5.20. The van der Waals surface area contributed by atoms with E-state index in [1.54, 1.807) is 7.11 Å². The monoisotopic (exact) mass is 216 g/mol. The van der Waals surface area contributed by atoms with Gasteiger partial charge in [0.05, 0.1) is 12.3 Å². The highest BCUT2D eigenvalue weighted by molar-refractivity contribution is 5.65. The number of imidazole rings is 1. The first-order chi connectivity index (χ1) is 7.72. The van der Waals surface area contributed by atoms with Crippen LogP contribution in [-0.4, -0.2) is 17.1 Å². The van der Waals surface area contributed by atoms with Gasteiger partial charge in [-0.25, -0.2) is 4.98 Å². The first kappa shape index (κ1) is 10.9. The quantitative estimate of drug-likeness (QED) is 0.856. The largest absolute Gasteiger partial charge is 0.380 e. The van der Waals surface area contributed by atoms with Gasteiger partial charge in [-0.15, -0.1) is 0 Å². The Hall–Kier alpha value is -1.61. The second kappa shape index (κ2) is 4.49. The summed E-state index contributed by atoms with van der Waals surface area (Å²) in [4.78, 5) is 7.74. The minimum atomic E-state index is 0.613. The Morgan fingerprint density at radius 2 is 2.00 bits per heavy atom. The van der Waals surface area contributed by atoms with E-state index in [1.165, 1.54) is 5.56 Å². The van der Waals surface area contributed by atoms with Crippen molar-refractivity contribution in [3.05, 3.63) is 41.3 Å². The number of aromatic amines is 1. The Kier molecular flexibility index (Phi) is 3.06. The van der Waals surface area contributed by atoms with Gasteiger partial charge in [0, 0.05) is 18.4 Å². The van der Waals surface area contributed by atoms with Crippen molar-refractivity contribution < 1.29 is 4.74 Å². The minimum absolute atomic E-state index is 0.613. The van der Waals surface area contributed by atoms with Gasteiger partial charge in [0.15, 0.2) is 0 Å². The molecule has 1 heterocycles. The van der Waals surface area contributed by atoms with Gasteiger partial charge in [0.1, 0.15) is 5.82 Å². The van der Waals surface area contributed by atoms with Gasteiger partial charge in [-0.3, -0.25) is 0 Å². The predicted molar refractivity (Wildman–Crippen MR) is 64.2 cm³/mol. The number of nitrogens with zero attached hydrogens (tertiary/aromatic N) is 1. The van der Waals surface area contributed by atoms with Crippen molar-refractivity contribution in [2.75, 3.05) is 7.11 Å². The molecule has 0 atom stereocenters. The highest BCUT2D eigenvalue weighted by atomic mass is 16.5. The Bertz CT molecular complexity index is 488. The van der Waals surface area contributed by atoms with E-state index >= 15 is 0 Å². The number of ether oxygens (including phenoxy) is 1. The molecular weight excluding hydrogens is 200 g/mol. The number of aryl methyl sites for hydroxylation is 2. The average molecular weight is 216 g/mol. The fourth-order valence-corrected chi connectivity index (χ4v) is 1.90. The number of nitrogens with one attached hydrogen (secondary N) is 1. The van der Waals surface area contributed by atoms with Gasteiger partial charge in [-0.05, 0) is 19.4 Å². The summed E-state index contributed by atoms with van der Waals surface area (Å²) in [5.41, 5.74) is 4.43. The van der Waals surface area contributed by atoms with Gasteiger partial charge in [0.2, 0.25) is 0 Å². The summed E-state index contributed by atoms with van der Waals surface area (Å²) in [5, 5.41) is 0. The number of H-pyrrole nitrogens is 1. The lowest BCUT2D eigenvalue weighted by Gasteiger charge is -2.06. The number of methoxy groups -OCH3 is 1. The van der Waals surface area contributed by atoms with E-state index in [-0.39, 0.29) is 0 Å². The summed E-state index contributed by atoms with van der Waals surface area (Å²) >= 11 is 0. The lowest BCUT2D eigenvalue weighted by Crippen LogP contribution is -1.93. The van der Waals surface area contributed by atoms with Crippen molar-refractivity contribution in [2.24, 2.45) is 0 Å². The molecule has 3 heteroatoms. The van der Waals surface area contributed by atoms with Crippen LogP contribution in [0.5, 0.6) is 0 Å². The molecule has 0 bridgehead atoms. The van der Waals surface area contributed by atoms with Crippen LogP contribution in [0.1, 0.15) is 17.1 Å². The van der Waals surface area contributed by atoms with E-state index in [4.69, 9.17) is 4.74 Å². The van der Waals surface area contributed by atoms with Crippen molar-refractivity contribution >= 4 is 0 Å². The van der Waals surface area contributed by atoms with Crippen LogP contribution in [0.2, 0.25) is 0 Å². The van der Waals surface area contributed by atoms with Gasteiger partial charge in [-0.2, -0.15) is 0 Å². The Balaban J connectivity index is 2.50. The molecule has 0 aliphatic rings. The molecule has 0 unspecified atom stereocenters. The van der Waals surface area contributed by atoms with E-state index < -0.39 is 0 Å². The van der Waals surface area contributed by atoms with Crippen molar-refractivity contribution in [3.63, 3.8) is 0 Å². The van der Waals surface area contributed by atoms with Crippen LogP contribution < -0.4 is 0 Å². The predicted octanol–water partition coefficient (Wildman–Crippen LogP) is 2.84. The summed E-state index contributed by atoms with van der Waals surface area (Å²) in [6.07, 6.45) is 0. The fourth-order valence-electron chi connectivity index (χ4n) is 1.90. The van der Waals surface area contributed by atoms with Crippen LogP contribution in [0.3, 0.4) is 0 Å². The Morgan fingerprint density at radius 1 is 1.25 bits per heavy atom. The number of hydrogen-bond acceptors (Lipinski definition) is 2. The number of aromatic nitrogens is 2. The summed E-state index contributed by atoms with van der Waals surface area (Å²) in [6, 6.07) is 8.20. The molecule has 2 rings (SSSR count). The fraction of sp³-hybridized carbons (Fsp3) is 0.308. The van der Waals surface area contributed by atoms with Crippen molar-refractivity contribution in [1.29, 1.82) is 0 Å². The molecule has 0 amide bonds. The molecule has 1 N–H and O–H groups in total. The third-order valence-electron chi connectivity index (χ3n) is 2.58. The summed E-state index contributed by atoms with van der Waals surface area (Å²) in [7, 11) is 1.71. The molecule has 3 nitrogen and oxygen atoms in total. The SMILES string of the molecule is COCc1ccccc1-c1nc(C)[nH]c1C. The normalized spacial score (nSPS) is 10.7. The second-order valence-electron chi connectivity index (χ2n) is 3.89. The van der Waals surface area contributed by atoms with Crippen LogP contribution >= 0.6 is 0 Å². The number of hydrogen-bond donors (Lipinski definition) is 1. The molecule has 0 saturated carbocycles. The summed E-state index contributed by atoms with van der Waals surface area (Å²) in [6.45, 7) is 4.62. The van der Waals surface area contributed by atoms with E-state index in [2.05, 4.69) is 22.1 Å². The molecule has 1 aromatic heterocycles. The second-order valence-corrected chi connectivity index (χ2v) is 3.89. The molecular formula is C13H16N2O. The minimum Gasteiger partial charge on any atom is -0.380 e. The molecule has 84 valence electrons. The smallest absolute Gasteiger partial charge is 0.103 e. The molecule has 0 radical (unpaired) electrons. The number of rotatable bonds is 3. The van der Waals surface area contributed by atoms with Crippen molar-refractivity contribution in [1.82, 2.24) is 9.97 Å². The summed E-state index contributed by atoms with van der Waals surface area (Å²) in [5.74, 6) is 0.944. The first-order valence-electron chi connectivity index (χ1n) is 5.33. The van der Waals surface area contributed by atoms with Gasteiger partial charge in [0.25, 0.3) is 0 Å².